The molecule has 0 saturated carbocycles. The van der Waals surface area contributed by atoms with E-state index in [2.05, 4.69) is 36.3 Å². The smallest absolute Gasteiger partial charge is 0.407 e. The number of hydrogen-bond acceptors (Lipinski definition) is 15. The largest absolute Gasteiger partial charge is 0.491 e. The first-order chi connectivity index (χ1) is 36.4. The number of nitrogens with one attached hydrogen (secondary N) is 5. The Morgan fingerprint density at radius 3 is 1.74 bits per heavy atom. The molecule has 4 rings (SSSR count). The number of nitrogens with zero attached hydrogens (tertiary/aromatic N) is 3. The summed E-state index contributed by atoms with van der Waals surface area (Å²) in [7, 11) is 2.98. The highest BCUT2D eigenvalue weighted by molar-refractivity contribution is 5.84. The van der Waals surface area contributed by atoms with E-state index in [-0.39, 0.29) is 68.0 Å². The highest BCUT2D eigenvalue weighted by atomic mass is 16.6. The molecule has 430 valence electrons. The molecule has 0 spiro atoms. The molecule has 0 bridgehead atoms. The van der Waals surface area contributed by atoms with Gasteiger partial charge in [-0.05, 0) is 156 Å². The third kappa shape index (κ3) is 24.4. The third-order valence-electron chi connectivity index (χ3n) is 10.6. The van der Waals surface area contributed by atoms with Crippen LogP contribution in [-0.2, 0) is 51.1 Å². The number of aryl methyl sites for hydroxylation is 1. The molecule has 4 aromatic rings. The van der Waals surface area contributed by atoms with Crippen LogP contribution < -0.4 is 41.6 Å². The minimum atomic E-state index is -0.727. The van der Waals surface area contributed by atoms with Crippen LogP contribution >= 0.6 is 0 Å². The third-order valence-corrected chi connectivity index (χ3v) is 10.6. The Labute approximate surface area is 458 Å². The summed E-state index contributed by atoms with van der Waals surface area (Å²) in [6, 6.07) is 14.9. The number of ether oxygens (including phenoxy) is 6. The van der Waals surface area contributed by atoms with Crippen molar-refractivity contribution in [3.8, 4) is 22.6 Å². The molecular formula is C56H82N8O14. The molecule has 6 amide bonds. The van der Waals surface area contributed by atoms with E-state index in [9.17, 15) is 33.6 Å². The summed E-state index contributed by atoms with van der Waals surface area (Å²) in [5.74, 6) is 0.212. The van der Waals surface area contributed by atoms with Gasteiger partial charge in [-0.25, -0.2) is 19.4 Å². The second kappa shape index (κ2) is 31.3. The SMILES string of the molecule is CCNC(=O)OC(C)(C)C.COC=O.Cc1ccc2c(=O)n(CC(=O)N(C)C(C)c3ccc(OCCNC(=O)OC(C)(C)C)c(-c4cc(CC(C)NC(=O)[C@H](C)NC=O)ccc4OCCNC(=O)OC(C)(C)C)c3)cnc2c1. The van der Waals surface area contributed by atoms with Crippen LogP contribution in [0, 0.1) is 6.92 Å². The van der Waals surface area contributed by atoms with Gasteiger partial charge >= 0.3 is 18.3 Å². The first kappa shape index (κ1) is 66.2. The van der Waals surface area contributed by atoms with Crippen LogP contribution in [-0.4, -0.2) is 133 Å². The standard InChI is InChI=1S/C47H63N7O10.C7H15NO2.C2H4O2/c1-29-12-15-35-38(22-29)50-27-54(43(35)58)26-41(56)53(11)32(4)34-14-17-40(62-21-19-49-45(60)64-47(8,9)10)37(25-34)36-24-33(23-30(2)52-42(57)31(3)51-28-55)13-16-39(36)61-20-18-48-44(59)63-46(5,6)7;1-5-8-6(9)10-7(2,3)4;1-4-2-3/h12-17,22,24-25,27-28,30-32H,18-21,23,26H2,1-11H3,(H,48,59)(H,49,60)(H,51,55)(H,52,57);5H2,1-4H3,(H,8,9);2H,1H3/t30?,31-,32?;;/m0../s1. The molecule has 1 aromatic heterocycles. The fourth-order valence-electron chi connectivity index (χ4n) is 6.93. The van der Waals surface area contributed by atoms with Gasteiger partial charge in [0, 0.05) is 30.8 Å². The number of carbonyl (C=O) groups excluding carboxylic acids is 7. The first-order valence-electron chi connectivity index (χ1n) is 25.5. The fourth-order valence-corrected chi connectivity index (χ4v) is 6.93. The van der Waals surface area contributed by atoms with Crippen LogP contribution in [0.3, 0.4) is 0 Å². The minimum Gasteiger partial charge on any atom is -0.491 e. The molecule has 22 heteroatoms. The van der Waals surface area contributed by atoms with E-state index in [4.69, 9.17) is 28.5 Å². The zero-order valence-corrected chi connectivity index (χ0v) is 48.2. The quantitative estimate of drug-likeness (QED) is 0.0323. The topological polar surface area (TPSA) is 273 Å². The van der Waals surface area contributed by atoms with Crippen molar-refractivity contribution in [1.82, 2.24) is 41.0 Å². The van der Waals surface area contributed by atoms with Crippen molar-refractivity contribution >= 4 is 53.9 Å². The van der Waals surface area contributed by atoms with Crippen LogP contribution in [0.4, 0.5) is 14.4 Å². The maximum atomic E-state index is 13.8. The van der Waals surface area contributed by atoms with E-state index in [0.29, 0.717) is 59.4 Å². The fraction of sp³-hybridized carbons (Fsp3) is 0.518. The molecule has 78 heavy (non-hydrogen) atoms. The van der Waals surface area contributed by atoms with Gasteiger partial charge in [-0.15, -0.1) is 0 Å². The van der Waals surface area contributed by atoms with Crippen molar-refractivity contribution in [2.75, 3.05) is 47.0 Å². The zero-order valence-electron chi connectivity index (χ0n) is 48.2. The van der Waals surface area contributed by atoms with Crippen LogP contribution in [0.15, 0.2) is 65.7 Å². The maximum Gasteiger partial charge on any atom is 0.407 e. The van der Waals surface area contributed by atoms with E-state index in [1.807, 2.05) is 84.9 Å². The van der Waals surface area contributed by atoms with Crippen LogP contribution in [0.2, 0.25) is 0 Å². The molecule has 1 heterocycles. The predicted octanol–water partition coefficient (Wildman–Crippen LogP) is 6.90. The van der Waals surface area contributed by atoms with Gasteiger partial charge in [-0.2, -0.15) is 0 Å². The minimum absolute atomic E-state index is 0.0689. The van der Waals surface area contributed by atoms with Crippen molar-refractivity contribution in [2.45, 2.75) is 145 Å². The Kier molecular flexibility index (Phi) is 26.6. The average Bonchev–Trinajstić information content (AvgIpc) is 3.34. The molecule has 22 nitrogen and oxygen atoms in total. The number of carbonyl (C=O) groups is 7. The Morgan fingerprint density at radius 2 is 1.24 bits per heavy atom. The van der Waals surface area contributed by atoms with Gasteiger partial charge in [-0.1, -0.05) is 18.2 Å². The molecule has 0 saturated heterocycles. The molecule has 0 aliphatic carbocycles. The zero-order chi connectivity index (χ0) is 59.0. The first-order valence-corrected chi connectivity index (χ1v) is 25.5. The highest BCUT2D eigenvalue weighted by Crippen LogP contribution is 2.40. The second-order valence-corrected chi connectivity index (χ2v) is 21.0. The average molecular weight is 1090 g/mol. The molecule has 3 aromatic carbocycles. The van der Waals surface area contributed by atoms with E-state index >= 15 is 0 Å². The number of aromatic nitrogens is 2. The lowest BCUT2D eigenvalue weighted by Gasteiger charge is -2.27. The van der Waals surface area contributed by atoms with E-state index in [1.165, 1.54) is 18.0 Å². The van der Waals surface area contributed by atoms with Gasteiger partial charge in [0.2, 0.25) is 18.2 Å². The van der Waals surface area contributed by atoms with Crippen molar-refractivity contribution in [2.24, 2.45) is 0 Å². The predicted molar refractivity (Wildman–Crippen MR) is 296 cm³/mol. The molecule has 5 N–H and O–H groups in total. The van der Waals surface area contributed by atoms with Gasteiger partial charge in [-0.3, -0.25) is 28.5 Å². The Hall–Kier alpha value is -7.91. The van der Waals surface area contributed by atoms with Crippen molar-refractivity contribution in [3.63, 3.8) is 0 Å². The summed E-state index contributed by atoms with van der Waals surface area (Å²) in [6.07, 6.45) is 0.728. The summed E-state index contributed by atoms with van der Waals surface area (Å²) in [5, 5.41) is 13.8. The van der Waals surface area contributed by atoms with E-state index in [0.717, 1.165) is 16.7 Å². The summed E-state index contributed by atoms with van der Waals surface area (Å²) in [6.45, 7) is 26.3. The Bertz CT molecular complexity index is 2690. The second-order valence-electron chi connectivity index (χ2n) is 21.0. The molecule has 3 atom stereocenters. The number of hydrogen-bond donors (Lipinski definition) is 5. The molecule has 0 radical (unpaired) electrons. The van der Waals surface area contributed by atoms with Gasteiger partial charge in [0.25, 0.3) is 12.0 Å². The number of rotatable bonds is 21. The maximum absolute atomic E-state index is 13.8. The van der Waals surface area contributed by atoms with Gasteiger partial charge < -0.3 is 59.9 Å². The monoisotopic (exact) mass is 1090 g/mol. The van der Waals surface area contributed by atoms with Gasteiger partial charge in [0.1, 0.15) is 54.1 Å². The lowest BCUT2D eigenvalue weighted by atomic mass is 9.95. The summed E-state index contributed by atoms with van der Waals surface area (Å²) < 4.78 is 33.4. The summed E-state index contributed by atoms with van der Waals surface area (Å²) in [5.41, 5.74) is 2.19. The van der Waals surface area contributed by atoms with Gasteiger partial charge in [0.05, 0.1) is 43.5 Å². The molecular weight excluding hydrogens is 1010 g/mol. The molecule has 0 fully saturated rings. The summed E-state index contributed by atoms with van der Waals surface area (Å²) >= 11 is 0. The number of methoxy groups -OCH3 is 1. The van der Waals surface area contributed by atoms with Crippen LogP contribution in [0.5, 0.6) is 11.5 Å². The van der Waals surface area contributed by atoms with E-state index in [1.54, 1.807) is 78.6 Å². The van der Waals surface area contributed by atoms with Crippen LogP contribution in [0.1, 0.15) is 113 Å². The molecule has 0 aliphatic rings. The number of likely N-dealkylation sites (N-methyl/N-ethyl adjacent to an activating group) is 1. The number of amides is 6. The van der Waals surface area contributed by atoms with E-state index < -0.39 is 35.5 Å². The number of alkyl carbamates (subject to hydrolysis) is 3. The molecule has 2 unspecified atom stereocenters. The van der Waals surface area contributed by atoms with Crippen LogP contribution in [0.25, 0.3) is 22.0 Å². The highest BCUT2D eigenvalue weighted by Gasteiger charge is 2.24. The molecule has 0 aliphatic heterocycles. The summed E-state index contributed by atoms with van der Waals surface area (Å²) in [4.78, 5) is 101. The number of benzene rings is 3. The Morgan fingerprint density at radius 1 is 0.731 bits per heavy atom. The van der Waals surface area contributed by atoms with Crippen molar-refractivity contribution in [1.29, 1.82) is 0 Å². The van der Waals surface area contributed by atoms with Crippen molar-refractivity contribution in [3.05, 3.63) is 88.0 Å². The Balaban J connectivity index is 0.00000131. The van der Waals surface area contributed by atoms with Gasteiger partial charge in [0.15, 0.2) is 0 Å². The number of fused-ring (bicyclic) bond motifs is 1. The lowest BCUT2D eigenvalue weighted by molar-refractivity contribution is -0.132. The van der Waals surface area contributed by atoms with Crippen molar-refractivity contribution < 1.29 is 62.0 Å². The lowest BCUT2D eigenvalue weighted by Crippen LogP contribution is -2.45. The normalized spacial score (nSPS) is 12.2.